The first kappa shape index (κ1) is 15.2. The zero-order valence-electron chi connectivity index (χ0n) is 9.64. The summed E-state index contributed by atoms with van der Waals surface area (Å²) in [6.07, 6.45) is 0. The number of hydrogen-bond donors (Lipinski definition) is 2. The molecule has 0 aromatic heterocycles. The van der Waals surface area contributed by atoms with Gasteiger partial charge in [-0.2, -0.15) is 0 Å². The number of rotatable bonds is 4. The molecule has 0 radical (unpaired) electrons. The van der Waals surface area contributed by atoms with Gasteiger partial charge in [0.2, 0.25) is 11.8 Å². The van der Waals surface area contributed by atoms with E-state index >= 15 is 0 Å². The highest BCUT2D eigenvalue weighted by atomic mass is 16.2. The molecule has 0 saturated carbocycles. The Kier molecular flexibility index (Phi) is 6.73. The minimum absolute atomic E-state index is 0. The van der Waals surface area contributed by atoms with Gasteiger partial charge in [-0.05, 0) is 19.2 Å². The fraction of sp³-hybridized carbons (Fsp3) is 0.273. The van der Waals surface area contributed by atoms with E-state index < -0.39 is 5.91 Å². The highest BCUT2D eigenvalue weighted by Gasteiger charge is 2.20. The van der Waals surface area contributed by atoms with Crippen molar-refractivity contribution < 1.29 is 15.1 Å². The van der Waals surface area contributed by atoms with Crippen molar-refractivity contribution in [3.8, 4) is 0 Å². The SMILES string of the molecule is CNCC(=O)N(C(=O)CN)c1ccccc1.O. The summed E-state index contributed by atoms with van der Waals surface area (Å²) >= 11 is 0. The Bertz CT molecular complexity index is 367. The number of para-hydroxylation sites is 1. The summed E-state index contributed by atoms with van der Waals surface area (Å²) in [7, 11) is 1.65. The number of imide groups is 1. The van der Waals surface area contributed by atoms with Crippen molar-refractivity contribution in [3.05, 3.63) is 30.3 Å². The van der Waals surface area contributed by atoms with Gasteiger partial charge in [-0.3, -0.25) is 9.59 Å². The fourth-order valence-corrected chi connectivity index (χ4v) is 1.33. The zero-order valence-corrected chi connectivity index (χ0v) is 9.64. The van der Waals surface area contributed by atoms with E-state index in [1.165, 1.54) is 0 Å². The summed E-state index contributed by atoms with van der Waals surface area (Å²) in [5, 5.41) is 2.71. The van der Waals surface area contributed by atoms with Crippen molar-refractivity contribution >= 4 is 17.5 Å². The molecule has 0 aliphatic carbocycles. The predicted octanol–water partition coefficient (Wildman–Crippen LogP) is -1.10. The van der Waals surface area contributed by atoms with Gasteiger partial charge in [0.05, 0.1) is 18.8 Å². The third kappa shape index (κ3) is 3.95. The minimum atomic E-state index is -0.411. The third-order valence-corrected chi connectivity index (χ3v) is 2.02. The maximum atomic E-state index is 11.7. The molecule has 0 aliphatic rings. The van der Waals surface area contributed by atoms with E-state index in [0.717, 1.165) is 4.90 Å². The second-order valence-corrected chi connectivity index (χ2v) is 3.19. The van der Waals surface area contributed by atoms with Crippen LogP contribution in [0.5, 0.6) is 0 Å². The van der Waals surface area contributed by atoms with E-state index in [-0.39, 0.29) is 24.5 Å². The lowest BCUT2D eigenvalue weighted by Crippen LogP contribution is -2.44. The summed E-state index contributed by atoms with van der Waals surface area (Å²) in [4.78, 5) is 24.4. The molecule has 1 rings (SSSR count). The van der Waals surface area contributed by atoms with Crippen molar-refractivity contribution in [2.75, 3.05) is 25.0 Å². The van der Waals surface area contributed by atoms with Crippen LogP contribution in [-0.4, -0.2) is 37.4 Å². The van der Waals surface area contributed by atoms with E-state index in [2.05, 4.69) is 5.32 Å². The molecule has 0 saturated heterocycles. The standard InChI is InChI=1S/C11H15N3O2.H2O/c1-13-8-11(16)14(10(15)7-12)9-5-3-2-4-6-9;/h2-6,13H,7-8,12H2,1H3;1H2. The van der Waals surface area contributed by atoms with Gasteiger partial charge >= 0.3 is 0 Å². The van der Waals surface area contributed by atoms with Gasteiger partial charge in [0.15, 0.2) is 0 Å². The molecule has 1 aromatic carbocycles. The molecule has 6 nitrogen and oxygen atoms in total. The lowest BCUT2D eigenvalue weighted by atomic mass is 10.2. The van der Waals surface area contributed by atoms with E-state index in [1.807, 2.05) is 6.07 Å². The second kappa shape index (κ2) is 7.50. The Hall–Kier alpha value is -1.76. The number of likely N-dealkylation sites (N-methyl/N-ethyl adjacent to an activating group) is 1. The average molecular weight is 239 g/mol. The molecule has 0 fully saturated rings. The molecular formula is C11H17N3O3. The highest BCUT2D eigenvalue weighted by molar-refractivity contribution is 6.16. The summed E-state index contributed by atoms with van der Waals surface area (Å²) < 4.78 is 0. The molecule has 5 N–H and O–H groups in total. The zero-order chi connectivity index (χ0) is 12.0. The number of nitrogens with one attached hydrogen (secondary N) is 1. The van der Waals surface area contributed by atoms with Crippen LogP contribution in [0.2, 0.25) is 0 Å². The Morgan fingerprint density at radius 2 is 1.82 bits per heavy atom. The van der Waals surface area contributed by atoms with Crippen LogP contribution in [0.25, 0.3) is 0 Å². The van der Waals surface area contributed by atoms with E-state index in [1.54, 1.807) is 31.3 Å². The largest absolute Gasteiger partial charge is 0.412 e. The van der Waals surface area contributed by atoms with Crippen LogP contribution in [0.15, 0.2) is 30.3 Å². The molecule has 2 amide bonds. The first-order chi connectivity index (χ1) is 7.70. The molecule has 17 heavy (non-hydrogen) atoms. The van der Waals surface area contributed by atoms with Crippen LogP contribution in [0.3, 0.4) is 0 Å². The number of benzene rings is 1. The Labute approximate surface area is 99.7 Å². The molecule has 6 heteroatoms. The quantitative estimate of drug-likeness (QED) is 0.695. The van der Waals surface area contributed by atoms with Crippen molar-refractivity contribution in [1.82, 2.24) is 5.32 Å². The Balaban J connectivity index is 0.00000256. The molecular weight excluding hydrogens is 222 g/mol. The maximum absolute atomic E-state index is 11.7. The van der Waals surface area contributed by atoms with Gasteiger partial charge in [-0.25, -0.2) is 4.90 Å². The van der Waals surface area contributed by atoms with Gasteiger partial charge in [-0.1, -0.05) is 18.2 Å². The number of hydrogen-bond acceptors (Lipinski definition) is 4. The normalized spacial score (nSPS) is 9.29. The summed E-state index contributed by atoms with van der Waals surface area (Å²) in [6.45, 7) is -0.0923. The first-order valence-electron chi connectivity index (χ1n) is 4.96. The van der Waals surface area contributed by atoms with Crippen LogP contribution in [0, 0.1) is 0 Å². The number of carbonyl (C=O) groups excluding carboxylic acids is 2. The van der Waals surface area contributed by atoms with Crippen LogP contribution >= 0.6 is 0 Å². The molecule has 0 bridgehead atoms. The summed E-state index contributed by atoms with van der Waals surface area (Å²) in [6, 6.07) is 8.73. The number of nitrogens with zero attached hydrogens (tertiary/aromatic N) is 1. The number of carbonyl (C=O) groups is 2. The van der Waals surface area contributed by atoms with Crippen LogP contribution in [0.1, 0.15) is 0 Å². The van der Waals surface area contributed by atoms with E-state index in [4.69, 9.17) is 5.73 Å². The minimum Gasteiger partial charge on any atom is -0.412 e. The second-order valence-electron chi connectivity index (χ2n) is 3.19. The van der Waals surface area contributed by atoms with Crippen molar-refractivity contribution in [2.45, 2.75) is 0 Å². The lowest BCUT2D eigenvalue weighted by molar-refractivity contribution is -0.125. The Morgan fingerprint density at radius 1 is 1.24 bits per heavy atom. The molecule has 0 aliphatic heterocycles. The fourth-order valence-electron chi connectivity index (χ4n) is 1.33. The molecule has 1 aromatic rings. The molecule has 0 spiro atoms. The topological polar surface area (TPSA) is 107 Å². The molecule has 0 unspecified atom stereocenters. The molecule has 0 atom stereocenters. The van der Waals surface area contributed by atoms with Gasteiger partial charge in [0.1, 0.15) is 0 Å². The van der Waals surface area contributed by atoms with Crippen molar-refractivity contribution in [1.29, 1.82) is 0 Å². The molecule has 0 heterocycles. The van der Waals surface area contributed by atoms with Gasteiger partial charge in [0.25, 0.3) is 0 Å². The lowest BCUT2D eigenvalue weighted by Gasteiger charge is -2.19. The number of nitrogens with two attached hydrogens (primary N) is 1. The maximum Gasteiger partial charge on any atom is 0.247 e. The monoisotopic (exact) mass is 239 g/mol. The van der Waals surface area contributed by atoms with Crippen LogP contribution in [-0.2, 0) is 9.59 Å². The van der Waals surface area contributed by atoms with Gasteiger partial charge in [-0.15, -0.1) is 0 Å². The van der Waals surface area contributed by atoms with E-state index in [0.29, 0.717) is 5.69 Å². The predicted molar refractivity (Wildman–Crippen MR) is 65.5 cm³/mol. The summed E-state index contributed by atoms with van der Waals surface area (Å²) in [5.74, 6) is -0.726. The first-order valence-corrected chi connectivity index (χ1v) is 4.96. The number of amides is 2. The average Bonchev–Trinajstić information content (AvgIpc) is 2.31. The van der Waals surface area contributed by atoms with Crippen LogP contribution in [0.4, 0.5) is 5.69 Å². The summed E-state index contributed by atoms with van der Waals surface area (Å²) in [5.41, 5.74) is 5.82. The molecule has 94 valence electrons. The van der Waals surface area contributed by atoms with Gasteiger partial charge < -0.3 is 16.5 Å². The van der Waals surface area contributed by atoms with Crippen molar-refractivity contribution in [2.24, 2.45) is 5.73 Å². The van der Waals surface area contributed by atoms with E-state index in [9.17, 15) is 9.59 Å². The number of anilines is 1. The third-order valence-electron chi connectivity index (χ3n) is 2.02. The van der Waals surface area contributed by atoms with Crippen molar-refractivity contribution in [3.63, 3.8) is 0 Å². The highest BCUT2D eigenvalue weighted by Crippen LogP contribution is 2.13. The van der Waals surface area contributed by atoms with Gasteiger partial charge in [0, 0.05) is 0 Å². The smallest absolute Gasteiger partial charge is 0.247 e. The Morgan fingerprint density at radius 3 is 2.29 bits per heavy atom. The van der Waals surface area contributed by atoms with Crippen LogP contribution < -0.4 is 16.0 Å².